The highest BCUT2D eigenvalue weighted by Gasteiger charge is 2.24. The van der Waals surface area contributed by atoms with Crippen LogP contribution in [0.5, 0.6) is 0 Å². The zero-order chi connectivity index (χ0) is 14.0. The quantitative estimate of drug-likeness (QED) is 0.807. The number of hydrogen-bond donors (Lipinski definition) is 2. The van der Waals surface area contributed by atoms with E-state index in [-0.39, 0.29) is 0 Å². The van der Waals surface area contributed by atoms with Gasteiger partial charge in [-0.1, -0.05) is 0 Å². The number of anilines is 2. The largest absolute Gasteiger partial charge is 0.399 e. The van der Waals surface area contributed by atoms with E-state index in [1.165, 1.54) is 4.31 Å². The second-order valence-electron chi connectivity index (χ2n) is 4.64. The molecule has 19 heavy (non-hydrogen) atoms. The summed E-state index contributed by atoms with van der Waals surface area (Å²) in [6.45, 7) is 5.29. The lowest BCUT2D eigenvalue weighted by atomic mass is 10.1. The van der Waals surface area contributed by atoms with Gasteiger partial charge in [-0.15, -0.1) is 0 Å². The van der Waals surface area contributed by atoms with Crippen molar-refractivity contribution in [1.29, 1.82) is 0 Å². The summed E-state index contributed by atoms with van der Waals surface area (Å²) in [6.07, 6.45) is 0. The molecule has 0 aliphatic carbocycles. The molecule has 0 aromatic heterocycles. The first-order valence-electron chi connectivity index (χ1n) is 6.12. The van der Waals surface area contributed by atoms with Gasteiger partial charge >= 0.3 is 10.2 Å². The second kappa shape index (κ2) is 5.36. The lowest BCUT2D eigenvalue weighted by Crippen LogP contribution is -2.43. The molecule has 0 radical (unpaired) electrons. The first-order valence-corrected chi connectivity index (χ1v) is 7.56. The summed E-state index contributed by atoms with van der Waals surface area (Å²) in [5.41, 5.74) is 8.68. The maximum Gasteiger partial charge on any atom is 0.301 e. The van der Waals surface area contributed by atoms with Crippen LogP contribution in [0.2, 0.25) is 0 Å². The van der Waals surface area contributed by atoms with Crippen molar-refractivity contribution in [3.8, 4) is 0 Å². The highest BCUT2D eigenvalue weighted by Crippen LogP contribution is 2.23. The van der Waals surface area contributed by atoms with Crippen molar-refractivity contribution < 1.29 is 13.2 Å². The van der Waals surface area contributed by atoms with Gasteiger partial charge in [0.1, 0.15) is 0 Å². The Hall–Kier alpha value is -1.31. The zero-order valence-corrected chi connectivity index (χ0v) is 12.0. The minimum atomic E-state index is -3.53. The SMILES string of the molecule is Cc1cc(NS(=O)(=O)N2CCOCC2)c(C)cc1N. The summed E-state index contributed by atoms with van der Waals surface area (Å²) < 4.78 is 33.6. The summed E-state index contributed by atoms with van der Waals surface area (Å²) in [5, 5.41) is 0. The van der Waals surface area contributed by atoms with Gasteiger partial charge < -0.3 is 10.5 Å². The lowest BCUT2D eigenvalue weighted by Gasteiger charge is -2.26. The Kier molecular flexibility index (Phi) is 3.98. The summed E-state index contributed by atoms with van der Waals surface area (Å²) in [5.74, 6) is 0. The summed E-state index contributed by atoms with van der Waals surface area (Å²) in [7, 11) is -3.53. The number of nitrogens with one attached hydrogen (secondary N) is 1. The normalized spacial score (nSPS) is 17.4. The summed E-state index contributed by atoms with van der Waals surface area (Å²) >= 11 is 0. The summed E-state index contributed by atoms with van der Waals surface area (Å²) in [6, 6.07) is 3.52. The number of nitrogens with two attached hydrogens (primary N) is 1. The fourth-order valence-corrected chi connectivity index (χ4v) is 3.20. The van der Waals surface area contributed by atoms with E-state index in [0.717, 1.165) is 11.1 Å². The number of benzene rings is 1. The van der Waals surface area contributed by atoms with Crippen LogP contribution in [0.25, 0.3) is 0 Å². The maximum absolute atomic E-state index is 12.2. The number of nitrogens with zero attached hydrogens (tertiary/aromatic N) is 1. The van der Waals surface area contributed by atoms with Crippen LogP contribution in [0.3, 0.4) is 0 Å². The van der Waals surface area contributed by atoms with Gasteiger partial charge in [-0.2, -0.15) is 12.7 Å². The highest BCUT2D eigenvalue weighted by atomic mass is 32.2. The third-order valence-electron chi connectivity index (χ3n) is 3.16. The van der Waals surface area contributed by atoms with Crippen molar-refractivity contribution in [1.82, 2.24) is 4.31 Å². The average Bonchev–Trinajstić information content (AvgIpc) is 2.37. The van der Waals surface area contributed by atoms with Crippen LogP contribution in [0, 0.1) is 13.8 Å². The van der Waals surface area contributed by atoms with Gasteiger partial charge in [0.15, 0.2) is 0 Å². The standard InChI is InChI=1S/C12H19N3O3S/c1-9-8-12(10(2)7-11(9)13)14-19(16,17)15-3-5-18-6-4-15/h7-8,14H,3-6,13H2,1-2H3. The van der Waals surface area contributed by atoms with E-state index in [9.17, 15) is 8.42 Å². The van der Waals surface area contributed by atoms with Crippen molar-refractivity contribution >= 4 is 21.6 Å². The van der Waals surface area contributed by atoms with Gasteiger partial charge in [-0.05, 0) is 37.1 Å². The molecular weight excluding hydrogens is 266 g/mol. The molecule has 7 heteroatoms. The van der Waals surface area contributed by atoms with Gasteiger partial charge in [-0.25, -0.2) is 0 Å². The monoisotopic (exact) mass is 285 g/mol. The fourth-order valence-electron chi connectivity index (χ4n) is 1.94. The van der Waals surface area contributed by atoms with Gasteiger partial charge in [0.2, 0.25) is 0 Å². The Morgan fingerprint density at radius 1 is 1.21 bits per heavy atom. The molecule has 1 aliphatic heterocycles. The highest BCUT2D eigenvalue weighted by molar-refractivity contribution is 7.90. The minimum absolute atomic E-state index is 0.377. The topological polar surface area (TPSA) is 84.7 Å². The third kappa shape index (κ3) is 3.17. The molecular formula is C12H19N3O3S. The molecule has 0 spiro atoms. The number of aryl methyl sites for hydroxylation is 2. The second-order valence-corrected chi connectivity index (χ2v) is 6.31. The van der Waals surface area contributed by atoms with Crippen LogP contribution < -0.4 is 10.5 Å². The number of rotatable bonds is 3. The molecule has 0 amide bonds. The molecule has 1 heterocycles. The molecule has 1 fully saturated rings. The Bertz CT molecular complexity index is 566. The maximum atomic E-state index is 12.2. The van der Waals surface area contributed by atoms with Crippen molar-refractivity contribution in [3.63, 3.8) is 0 Å². The van der Waals surface area contributed by atoms with Gasteiger partial charge in [0, 0.05) is 18.8 Å². The molecule has 0 atom stereocenters. The molecule has 1 saturated heterocycles. The molecule has 0 saturated carbocycles. The summed E-state index contributed by atoms with van der Waals surface area (Å²) in [4.78, 5) is 0. The van der Waals surface area contributed by atoms with E-state index in [1.54, 1.807) is 12.1 Å². The first kappa shape index (κ1) is 14.1. The predicted octanol–water partition coefficient (Wildman–Crippen LogP) is 0.875. The fraction of sp³-hybridized carbons (Fsp3) is 0.500. The van der Waals surface area contributed by atoms with E-state index in [2.05, 4.69) is 4.72 Å². The van der Waals surface area contributed by atoms with E-state index in [4.69, 9.17) is 10.5 Å². The van der Waals surface area contributed by atoms with Crippen LogP contribution in [-0.4, -0.2) is 39.0 Å². The van der Waals surface area contributed by atoms with Crippen LogP contribution in [-0.2, 0) is 14.9 Å². The van der Waals surface area contributed by atoms with E-state index < -0.39 is 10.2 Å². The molecule has 0 unspecified atom stereocenters. The van der Waals surface area contributed by atoms with Crippen molar-refractivity contribution in [2.75, 3.05) is 36.8 Å². The molecule has 0 bridgehead atoms. The van der Waals surface area contributed by atoms with Crippen molar-refractivity contribution in [2.45, 2.75) is 13.8 Å². The Morgan fingerprint density at radius 2 is 1.84 bits per heavy atom. The van der Waals surface area contributed by atoms with Gasteiger partial charge in [0.25, 0.3) is 0 Å². The van der Waals surface area contributed by atoms with Crippen molar-refractivity contribution in [2.24, 2.45) is 0 Å². The molecule has 1 aromatic rings. The molecule has 6 nitrogen and oxygen atoms in total. The zero-order valence-electron chi connectivity index (χ0n) is 11.1. The Morgan fingerprint density at radius 3 is 2.47 bits per heavy atom. The van der Waals surface area contributed by atoms with Gasteiger partial charge in [0.05, 0.1) is 18.9 Å². The first-order chi connectivity index (χ1) is 8.90. The molecule has 3 N–H and O–H groups in total. The van der Waals surface area contributed by atoms with Crippen molar-refractivity contribution in [3.05, 3.63) is 23.3 Å². The van der Waals surface area contributed by atoms with Crippen LogP contribution >= 0.6 is 0 Å². The van der Waals surface area contributed by atoms with Crippen LogP contribution in [0.1, 0.15) is 11.1 Å². The number of hydrogen-bond acceptors (Lipinski definition) is 4. The Balaban J connectivity index is 2.22. The van der Waals surface area contributed by atoms with Crippen LogP contribution in [0.4, 0.5) is 11.4 Å². The average molecular weight is 285 g/mol. The predicted molar refractivity (Wildman–Crippen MR) is 75.3 cm³/mol. The van der Waals surface area contributed by atoms with E-state index in [0.29, 0.717) is 37.7 Å². The third-order valence-corrected chi connectivity index (χ3v) is 4.68. The van der Waals surface area contributed by atoms with E-state index >= 15 is 0 Å². The number of morpholine rings is 1. The molecule has 106 valence electrons. The smallest absolute Gasteiger partial charge is 0.301 e. The van der Waals surface area contributed by atoms with Gasteiger partial charge in [-0.3, -0.25) is 4.72 Å². The van der Waals surface area contributed by atoms with Crippen LogP contribution in [0.15, 0.2) is 12.1 Å². The lowest BCUT2D eigenvalue weighted by molar-refractivity contribution is 0.0733. The van der Waals surface area contributed by atoms with E-state index in [1.807, 2.05) is 13.8 Å². The minimum Gasteiger partial charge on any atom is -0.399 e. The molecule has 1 aromatic carbocycles. The number of ether oxygens (including phenoxy) is 1. The Labute approximate surface area is 113 Å². The molecule has 1 aliphatic rings. The molecule has 2 rings (SSSR count). The number of nitrogen functional groups attached to an aromatic ring is 1.